The molecule has 0 bridgehead atoms. The highest BCUT2D eigenvalue weighted by molar-refractivity contribution is 7.80. The predicted molar refractivity (Wildman–Crippen MR) is 70.3 cm³/mol. The first-order valence-corrected chi connectivity index (χ1v) is 6.18. The fraction of sp³-hybridized carbons (Fsp3) is 0.636. The highest BCUT2D eigenvalue weighted by Gasteiger charge is 2.24. The number of halogens is 1. The Morgan fingerprint density at radius 1 is 1.56 bits per heavy atom. The smallest absolute Gasteiger partial charge is 0.297 e. The molecule has 1 heterocycles. The number of thiol groups is 1. The van der Waals surface area contributed by atoms with Crippen LogP contribution in [-0.4, -0.2) is 15.3 Å². The molecule has 1 rings (SSSR count). The van der Waals surface area contributed by atoms with E-state index < -0.39 is 0 Å². The van der Waals surface area contributed by atoms with Crippen LogP contribution in [0.2, 0.25) is 5.02 Å². The minimum absolute atomic E-state index is 0.101. The monoisotopic (exact) mass is 260 g/mol. The standard InChI is InChI=1S/C11H17ClN2OS/c1-11(2,3)8(7-16)5-14-6-9(12)4-13-10(14)15/h4,6,8,16H,5,7H2,1-3H3. The van der Waals surface area contributed by atoms with E-state index in [-0.39, 0.29) is 11.1 Å². The average Bonchev–Trinajstić information content (AvgIpc) is 2.17. The van der Waals surface area contributed by atoms with E-state index in [1.165, 1.54) is 6.20 Å². The van der Waals surface area contributed by atoms with Gasteiger partial charge in [0.15, 0.2) is 0 Å². The third kappa shape index (κ3) is 3.52. The molecule has 0 radical (unpaired) electrons. The van der Waals surface area contributed by atoms with Gasteiger partial charge in [-0.1, -0.05) is 32.4 Å². The summed E-state index contributed by atoms with van der Waals surface area (Å²) in [4.78, 5) is 15.2. The molecule has 1 unspecified atom stereocenters. The molecule has 0 spiro atoms. The van der Waals surface area contributed by atoms with Crippen LogP contribution in [0.15, 0.2) is 17.2 Å². The SMILES string of the molecule is CC(C)(C)C(CS)Cn1cc(Cl)cnc1=O. The lowest BCUT2D eigenvalue weighted by molar-refractivity contribution is 0.235. The Hall–Kier alpha value is -0.480. The predicted octanol–water partition coefficient (Wildman–Crippen LogP) is 2.49. The summed E-state index contributed by atoms with van der Waals surface area (Å²) in [5.74, 6) is 1.02. The van der Waals surface area contributed by atoms with Gasteiger partial charge in [0.25, 0.3) is 0 Å². The molecule has 0 saturated carbocycles. The van der Waals surface area contributed by atoms with Crippen molar-refractivity contribution in [2.45, 2.75) is 27.3 Å². The summed E-state index contributed by atoms with van der Waals surface area (Å²) in [5, 5.41) is 0.478. The van der Waals surface area contributed by atoms with Crippen LogP contribution >= 0.6 is 24.2 Å². The van der Waals surface area contributed by atoms with Gasteiger partial charge in [-0.3, -0.25) is 4.57 Å². The molecular weight excluding hydrogens is 244 g/mol. The number of rotatable bonds is 3. The van der Waals surface area contributed by atoms with Crippen LogP contribution in [0.25, 0.3) is 0 Å². The number of hydrogen-bond donors (Lipinski definition) is 1. The van der Waals surface area contributed by atoms with E-state index in [0.29, 0.717) is 17.5 Å². The first-order chi connectivity index (χ1) is 7.34. The lowest BCUT2D eigenvalue weighted by atomic mass is 9.82. The first-order valence-electron chi connectivity index (χ1n) is 5.17. The topological polar surface area (TPSA) is 34.9 Å². The zero-order valence-corrected chi connectivity index (χ0v) is 11.4. The second-order valence-electron chi connectivity index (χ2n) is 4.95. The number of hydrogen-bond acceptors (Lipinski definition) is 3. The highest BCUT2D eigenvalue weighted by atomic mass is 35.5. The quantitative estimate of drug-likeness (QED) is 0.848. The van der Waals surface area contributed by atoms with Crippen LogP contribution in [0.3, 0.4) is 0 Å². The Kier molecular flexibility index (Phi) is 4.44. The summed E-state index contributed by atoms with van der Waals surface area (Å²) >= 11 is 10.1. The molecule has 1 aromatic heterocycles. The average molecular weight is 261 g/mol. The maximum absolute atomic E-state index is 11.5. The number of aromatic nitrogens is 2. The van der Waals surface area contributed by atoms with Gasteiger partial charge in [0.1, 0.15) is 0 Å². The highest BCUT2D eigenvalue weighted by Crippen LogP contribution is 2.28. The van der Waals surface area contributed by atoms with Gasteiger partial charge in [-0.25, -0.2) is 9.78 Å². The molecule has 5 heteroatoms. The van der Waals surface area contributed by atoms with E-state index in [1.807, 2.05) is 0 Å². The van der Waals surface area contributed by atoms with E-state index in [0.717, 1.165) is 5.75 Å². The molecule has 0 aromatic carbocycles. The molecule has 1 aromatic rings. The van der Waals surface area contributed by atoms with Crippen molar-refractivity contribution in [3.8, 4) is 0 Å². The summed E-state index contributed by atoms with van der Waals surface area (Å²) < 4.78 is 1.55. The van der Waals surface area contributed by atoms with E-state index >= 15 is 0 Å². The first kappa shape index (κ1) is 13.6. The maximum Gasteiger partial charge on any atom is 0.347 e. The van der Waals surface area contributed by atoms with Crippen molar-refractivity contribution in [2.24, 2.45) is 11.3 Å². The Bertz CT molecular complexity index is 411. The molecule has 0 fully saturated rings. The van der Waals surface area contributed by atoms with E-state index in [4.69, 9.17) is 11.6 Å². The van der Waals surface area contributed by atoms with Crippen LogP contribution in [0.4, 0.5) is 0 Å². The summed E-state index contributed by atoms with van der Waals surface area (Å²) in [5.41, 5.74) is -0.163. The summed E-state index contributed by atoms with van der Waals surface area (Å²) in [7, 11) is 0. The minimum atomic E-state index is -0.263. The molecule has 90 valence electrons. The van der Waals surface area contributed by atoms with Crippen molar-refractivity contribution in [2.75, 3.05) is 5.75 Å². The molecule has 0 aliphatic rings. The summed E-state index contributed by atoms with van der Waals surface area (Å²) in [6.07, 6.45) is 2.99. The molecular formula is C11H17ClN2OS. The van der Waals surface area contributed by atoms with Crippen LogP contribution in [0.5, 0.6) is 0 Å². The van der Waals surface area contributed by atoms with Crippen molar-refractivity contribution in [1.29, 1.82) is 0 Å². The van der Waals surface area contributed by atoms with Crippen LogP contribution < -0.4 is 5.69 Å². The molecule has 3 nitrogen and oxygen atoms in total. The minimum Gasteiger partial charge on any atom is -0.297 e. The largest absolute Gasteiger partial charge is 0.347 e. The van der Waals surface area contributed by atoms with Gasteiger partial charge in [-0.05, 0) is 17.1 Å². The van der Waals surface area contributed by atoms with Crippen LogP contribution in [0.1, 0.15) is 20.8 Å². The Morgan fingerprint density at radius 3 is 2.69 bits per heavy atom. The lowest BCUT2D eigenvalue weighted by Crippen LogP contribution is -2.32. The van der Waals surface area contributed by atoms with Gasteiger partial charge in [0, 0.05) is 12.7 Å². The second-order valence-corrected chi connectivity index (χ2v) is 5.75. The van der Waals surface area contributed by atoms with Crippen molar-refractivity contribution < 1.29 is 0 Å². The van der Waals surface area contributed by atoms with Gasteiger partial charge in [-0.15, -0.1) is 0 Å². The molecule has 0 amide bonds. The Morgan fingerprint density at radius 2 is 2.19 bits per heavy atom. The second kappa shape index (κ2) is 5.23. The number of nitrogens with zero attached hydrogens (tertiary/aromatic N) is 2. The van der Waals surface area contributed by atoms with Crippen molar-refractivity contribution in [3.63, 3.8) is 0 Å². The van der Waals surface area contributed by atoms with Crippen LogP contribution in [0, 0.1) is 11.3 Å². The summed E-state index contributed by atoms with van der Waals surface area (Å²) in [6, 6.07) is 0. The molecule has 0 aliphatic heterocycles. The zero-order valence-electron chi connectivity index (χ0n) is 9.77. The van der Waals surface area contributed by atoms with Crippen molar-refractivity contribution in [3.05, 3.63) is 27.9 Å². The van der Waals surface area contributed by atoms with Gasteiger partial charge < -0.3 is 0 Å². The van der Waals surface area contributed by atoms with Crippen molar-refractivity contribution >= 4 is 24.2 Å². The zero-order chi connectivity index (χ0) is 12.3. The fourth-order valence-electron chi connectivity index (χ4n) is 1.40. The van der Waals surface area contributed by atoms with Gasteiger partial charge >= 0.3 is 5.69 Å². The summed E-state index contributed by atoms with van der Waals surface area (Å²) in [6.45, 7) is 7.00. The van der Waals surface area contributed by atoms with Gasteiger partial charge in [-0.2, -0.15) is 12.6 Å². The maximum atomic E-state index is 11.5. The van der Waals surface area contributed by atoms with Crippen LogP contribution in [-0.2, 0) is 6.54 Å². The van der Waals surface area contributed by atoms with E-state index in [2.05, 4.69) is 38.4 Å². The Labute approximate surface area is 106 Å². The molecule has 0 N–H and O–H groups in total. The van der Waals surface area contributed by atoms with Gasteiger partial charge in [0.2, 0.25) is 0 Å². The lowest BCUT2D eigenvalue weighted by Gasteiger charge is -2.29. The fourth-order valence-corrected chi connectivity index (χ4v) is 2.23. The van der Waals surface area contributed by atoms with Crippen molar-refractivity contribution in [1.82, 2.24) is 9.55 Å². The molecule has 1 atom stereocenters. The molecule has 0 saturated heterocycles. The van der Waals surface area contributed by atoms with Gasteiger partial charge in [0.05, 0.1) is 11.2 Å². The third-order valence-corrected chi connectivity index (χ3v) is 3.32. The molecule has 0 aliphatic carbocycles. The molecule has 16 heavy (non-hydrogen) atoms. The Balaban J connectivity index is 2.95. The normalized spacial score (nSPS) is 13.8. The third-order valence-electron chi connectivity index (χ3n) is 2.69. The van der Waals surface area contributed by atoms with E-state index in [9.17, 15) is 4.79 Å². The van der Waals surface area contributed by atoms with E-state index in [1.54, 1.807) is 10.8 Å².